The number of likely N-dealkylation sites (N-methyl/N-ethyl adjacent to an activating group) is 1. The Kier molecular flexibility index (Phi) is 9.95. The zero-order valence-electron chi connectivity index (χ0n) is 18.7. The van der Waals surface area contributed by atoms with Crippen molar-refractivity contribution in [3.8, 4) is 0 Å². The standard InChI is InChI=1S/C20H34N8S.HI/c1-6-28-9-7-8-16(28)10-21-20(22-11-18-26-25-15(4)27(18)5)23-12-19-24-17(13-29-19)14(2)3;/h13-14,16H,6-12H2,1-5H3,(H2,21,22,23);1H. The number of guanidine groups is 1. The number of nitrogens with one attached hydrogen (secondary N) is 2. The van der Waals surface area contributed by atoms with Crippen molar-refractivity contribution in [3.05, 3.63) is 27.7 Å². The van der Waals surface area contributed by atoms with Gasteiger partial charge in [0.05, 0.1) is 12.2 Å². The van der Waals surface area contributed by atoms with Crippen LogP contribution in [-0.2, 0) is 20.1 Å². The lowest BCUT2D eigenvalue weighted by atomic mass is 10.2. The molecule has 3 rings (SSSR count). The highest BCUT2D eigenvalue weighted by molar-refractivity contribution is 14.0. The first-order valence-corrected chi connectivity index (χ1v) is 11.4. The number of aryl methyl sites for hydroxylation is 1. The fourth-order valence-electron chi connectivity index (χ4n) is 3.50. The summed E-state index contributed by atoms with van der Waals surface area (Å²) in [5.74, 6) is 3.00. The largest absolute Gasteiger partial charge is 0.355 e. The Morgan fingerprint density at radius 3 is 2.77 bits per heavy atom. The van der Waals surface area contributed by atoms with Crippen LogP contribution in [0.1, 0.15) is 61.9 Å². The van der Waals surface area contributed by atoms with Gasteiger partial charge in [-0.25, -0.2) is 9.98 Å². The van der Waals surface area contributed by atoms with Crippen LogP contribution in [0.15, 0.2) is 10.4 Å². The molecule has 0 bridgehead atoms. The van der Waals surface area contributed by atoms with Crippen molar-refractivity contribution in [2.75, 3.05) is 19.6 Å². The van der Waals surface area contributed by atoms with Crippen LogP contribution in [0.25, 0.3) is 0 Å². The first-order valence-electron chi connectivity index (χ1n) is 10.5. The minimum atomic E-state index is 0. The molecule has 0 aliphatic carbocycles. The Hall–Kier alpha value is -1.27. The third-order valence-electron chi connectivity index (χ3n) is 5.54. The number of aromatic nitrogens is 4. The van der Waals surface area contributed by atoms with Crippen LogP contribution in [0.4, 0.5) is 0 Å². The molecule has 1 aliphatic heterocycles. The highest BCUT2D eigenvalue weighted by Gasteiger charge is 2.22. The van der Waals surface area contributed by atoms with Gasteiger partial charge in [0, 0.05) is 25.0 Å². The first kappa shape index (κ1) is 25.0. The third-order valence-corrected chi connectivity index (χ3v) is 6.41. The summed E-state index contributed by atoms with van der Waals surface area (Å²) in [6.07, 6.45) is 2.51. The molecule has 1 aliphatic rings. The van der Waals surface area contributed by atoms with E-state index in [1.165, 1.54) is 19.4 Å². The van der Waals surface area contributed by atoms with Crippen molar-refractivity contribution < 1.29 is 0 Å². The molecule has 2 aromatic rings. The van der Waals surface area contributed by atoms with Crippen molar-refractivity contribution >= 4 is 41.3 Å². The molecule has 10 heteroatoms. The van der Waals surface area contributed by atoms with E-state index in [-0.39, 0.29) is 24.0 Å². The maximum atomic E-state index is 4.77. The van der Waals surface area contributed by atoms with Crippen LogP contribution in [0, 0.1) is 6.92 Å². The molecule has 8 nitrogen and oxygen atoms in total. The molecule has 0 saturated carbocycles. The van der Waals surface area contributed by atoms with Crippen LogP contribution >= 0.6 is 35.3 Å². The Bertz CT molecular complexity index is 816. The van der Waals surface area contributed by atoms with Gasteiger partial charge in [-0.05, 0) is 38.8 Å². The second-order valence-electron chi connectivity index (χ2n) is 7.87. The molecule has 0 spiro atoms. The number of aliphatic imine (C=N–C) groups is 1. The van der Waals surface area contributed by atoms with Crippen molar-refractivity contribution in [3.63, 3.8) is 0 Å². The molecule has 1 saturated heterocycles. The molecule has 1 atom stereocenters. The molecular weight excluding hydrogens is 511 g/mol. The summed E-state index contributed by atoms with van der Waals surface area (Å²) in [5, 5.41) is 18.6. The summed E-state index contributed by atoms with van der Waals surface area (Å²) in [6.45, 7) is 12.9. The molecule has 168 valence electrons. The number of hydrogen-bond donors (Lipinski definition) is 2. The summed E-state index contributed by atoms with van der Waals surface area (Å²) >= 11 is 1.70. The first-order chi connectivity index (χ1) is 14.0. The molecular formula is C20H35IN8S. The zero-order chi connectivity index (χ0) is 20.8. The van der Waals surface area contributed by atoms with Crippen LogP contribution in [0.2, 0.25) is 0 Å². The van der Waals surface area contributed by atoms with E-state index in [0.29, 0.717) is 25.0 Å². The lowest BCUT2D eigenvalue weighted by molar-refractivity contribution is 0.267. The van der Waals surface area contributed by atoms with Gasteiger partial charge >= 0.3 is 0 Å². The Balaban J connectivity index is 0.00000320. The summed E-state index contributed by atoms with van der Waals surface area (Å²) in [7, 11) is 1.97. The highest BCUT2D eigenvalue weighted by atomic mass is 127. The second kappa shape index (κ2) is 11.9. The number of halogens is 1. The van der Waals surface area contributed by atoms with E-state index in [1.807, 2.05) is 18.5 Å². The van der Waals surface area contributed by atoms with Gasteiger partial charge in [0.25, 0.3) is 0 Å². The van der Waals surface area contributed by atoms with Crippen molar-refractivity contribution in [2.24, 2.45) is 12.0 Å². The Labute approximate surface area is 201 Å². The van der Waals surface area contributed by atoms with Crippen LogP contribution in [0.3, 0.4) is 0 Å². The van der Waals surface area contributed by atoms with Gasteiger partial charge < -0.3 is 15.2 Å². The van der Waals surface area contributed by atoms with Crippen molar-refractivity contribution in [1.82, 2.24) is 35.3 Å². The average Bonchev–Trinajstić information content (AvgIpc) is 3.43. The van der Waals surface area contributed by atoms with Gasteiger partial charge in [-0.2, -0.15) is 0 Å². The monoisotopic (exact) mass is 546 g/mol. The molecule has 1 fully saturated rings. The van der Waals surface area contributed by atoms with E-state index >= 15 is 0 Å². The number of thiazole rings is 1. The average molecular weight is 547 g/mol. The van der Waals surface area contributed by atoms with Gasteiger partial charge in [0.1, 0.15) is 17.4 Å². The van der Waals surface area contributed by atoms with Crippen LogP contribution < -0.4 is 10.6 Å². The minimum Gasteiger partial charge on any atom is -0.355 e. The molecule has 2 aromatic heterocycles. The molecule has 0 radical (unpaired) electrons. The summed E-state index contributed by atoms with van der Waals surface area (Å²) in [4.78, 5) is 12.0. The predicted molar refractivity (Wildman–Crippen MR) is 134 cm³/mol. The SMILES string of the molecule is CCN1CCCC1CNC(=NCc1nnc(C)n1C)NCc1nc(C(C)C)cs1.I. The van der Waals surface area contributed by atoms with Crippen molar-refractivity contribution in [2.45, 2.75) is 65.6 Å². The maximum absolute atomic E-state index is 4.77. The lowest BCUT2D eigenvalue weighted by Gasteiger charge is -2.24. The fraction of sp³-hybridized carbons (Fsp3) is 0.700. The van der Waals surface area contributed by atoms with E-state index in [4.69, 9.17) is 9.98 Å². The fourth-order valence-corrected chi connectivity index (χ4v) is 4.40. The Morgan fingerprint density at radius 2 is 2.13 bits per heavy atom. The summed E-state index contributed by atoms with van der Waals surface area (Å²) in [5.41, 5.74) is 1.15. The molecule has 30 heavy (non-hydrogen) atoms. The van der Waals surface area contributed by atoms with Gasteiger partial charge in [-0.15, -0.1) is 45.5 Å². The highest BCUT2D eigenvalue weighted by Crippen LogP contribution is 2.18. The Morgan fingerprint density at radius 1 is 1.33 bits per heavy atom. The minimum absolute atomic E-state index is 0. The predicted octanol–water partition coefficient (Wildman–Crippen LogP) is 3.04. The van der Waals surface area contributed by atoms with E-state index in [0.717, 1.165) is 41.4 Å². The zero-order valence-corrected chi connectivity index (χ0v) is 21.8. The molecule has 0 amide bonds. The van der Waals surface area contributed by atoms with E-state index in [1.54, 1.807) is 11.3 Å². The molecule has 3 heterocycles. The topological polar surface area (TPSA) is 83.3 Å². The molecule has 1 unspecified atom stereocenters. The molecule has 2 N–H and O–H groups in total. The normalized spacial score (nSPS) is 17.4. The number of likely N-dealkylation sites (tertiary alicyclic amines) is 1. The van der Waals surface area contributed by atoms with Gasteiger partial charge in [0.2, 0.25) is 0 Å². The summed E-state index contributed by atoms with van der Waals surface area (Å²) < 4.78 is 1.98. The lowest BCUT2D eigenvalue weighted by Crippen LogP contribution is -2.44. The summed E-state index contributed by atoms with van der Waals surface area (Å²) in [6, 6.07) is 0.566. The smallest absolute Gasteiger partial charge is 0.192 e. The number of nitrogens with zero attached hydrogens (tertiary/aromatic N) is 6. The van der Waals surface area contributed by atoms with Gasteiger partial charge in [0.15, 0.2) is 11.8 Å². The number of rotatable bonds is 8. The maximum Gasteiger partial charge on any atom is 0.192 e. The van der Waals surface area contributed by atoms with E-state index in [2.05, 4.69) is 51.9 Å². The second-order valence-corrected chi connectivity index (χ2v) is 8.81. The van der Waals surface area contributed by atoms with Crippen molar-refractivity contribution in [1.29, 1.82) is 0 Å². The van der Waals surface area contributed by atoms with Crippen LogP contribution in [0.5, 0.6) is 0 Å². The van der Waals surface area contributed by atoms with Gasteiger partial charge in [-0.3, -0.25) is 4.90 Å². The van der Waals surface area contributed by atoms with E-state index < -0.39 is 0 Å². The third kappa shape index (κ3) is 6.61. The van der Waals surface area contributed by atoms with Gasteiger partial charge in [-0.1, -0.05) is 20.8 Å². The number of hydrogen-bond acceptors (Lipinski definition) is 6. The quantitative estimate of drug-likeness (QED) is 0.301. The molecule has 0 aromatic carbocycles. The van der Waals surface area contributed by atoms with E-state index in [9.17, 15) is 0 Å². The van der Waals surface area contributed by atoms with Crippen LogP contribution in [-0.4, -0.2) is 56.3 Å².